The van der Waals surface area contributed by atoms with Crippen LogP contribution >= 0.6 is 0 Å². The Morgan fingerprint density at radius 3 is 0.750 bits per heavy atom. The Bertz CT molecular complexity index is 6.00. The van der Waals surface area contributed by atoms with Gasteiger partial charge in [-0.2, -0.15) is 0 Å². The Hall–Kier alpha value is 2.81. The molecule has 0 aliphatic rings. The van der Waals surface area contributed by atoms with Crippen molar-refractivity contribution in [3.63, 3.8) is 0 Å². The quantitative estimate of drug-likeness (QED) is 0.357. The molecule has 0 nitrogen and oxygen atoms in total. The molecule has 0 unspecified atom stereocenters. The van der Waals surface area contributed by atoms with E-state index in [2.05, 4.69) is 0 Å². The van der Waals surface area contributed by atoms with Crippen LogP contribution in [0.5, 0.6) is 0 Å². The third-order valence-corrected chi connectivity index (χ3v) is 0. The largest absolute Gasteiger partial charge is 0 e. The van der Waals surface area contributed by atoms with Crippen molar-refractivity contribution in [2.45, 2.75) is 0 Å². The van der Waals surface area contributed by atoms with Gasteiger partial charge in [0.05, 0.1) is 0 Å². The third-order valence-electron chi connectivity index (χ3n) is 0. The van der Waals surface area contributed by atoms with Crippen LogP contribution in [0.25, 0.3) is 0 Å². The molecule has 0 aliphatic heterocycles. The topological polar surface area (TPSA) is 0 Å². The van der Waals surface area contributed by atoms with Crippen molar-refractivity contribution in [3.05, 3.63) is 0 Å². The minimum absolute atomic E-state index is 0. The fourth-order valence-corrected chi connectivity index (χ4v) is 0. The summed E-state index contributed by atoms with van der Waals surface area (Å²) in [6.07, 6.45) is 0. The summed E-state index contributed by atoms with van der Waals surface area (Å²) in [7, 11) is 0. The molecule has 0 aromatic heterocycles. The Balaban J connectivity index is 0. The SMILES string of the molecule is [Bi].[Bi].[Cu].[Mn]. The maximum Gasteiger partial charge on any atom is 0 e. The van der Waals surface area contributed by atoms with Crippen LogP contribution in [-0.2, 0) is 34.1 Å². The fourth-order valence-electron chi connectivity index (χ4n) is 0. The molecular weight excluding hydrogens is 536 g/mol. The van der Waals surface area contributed by atoms with Gasteiger partial charge in [0.2, 0.25) is 0 Å². The van der Waals surface area contributed by atoms with E-state index in [0.29, 0.717) is 0 Å². The van der Waals surface area contributed by atoms with Crippen LogP contribution in [0.1, 0.15) is 0 Å². The first-order valence-corrected chi connectivity index (χ1v) is 0. The van der Waals surface area contributed by atoms with Crippen molar-refractivity contribution in [1.82, 2.24) is 0 Å². The summed E-state index contributed by atoms with van der Waals surface area (Å²) in [5.74, 6) is 0. The Morgan fingerprint density at radius 1 is 0.750 bits per heavy atom. The molecule has 0 N–H and O–H groups in total. The first kappa shape index (κ1) is 29.1. The van der Waals surface area contributed by atoms with Crippen LogP contribution < -0.4 is 0 Å². The van der Waals surface area contributed by atoms with Crippen molar-refractivity contribution >= 4 is 52.4 Å². The number of rotatable bonds is 0. The minimum atomic E-state index is 0. The molecular formula is Bi2CuMn. The third kappa shape index (κ3) is 8.84. The van der Waals surface area contributed by atoms with E-state index >= 15 is 0 Å². The molecule has 0 saturated carbocycles. The molecule has 0 aliphatic carbocycles. The monoisotopic (exact) mass is 536 g/mol. The van der Waals surface area contributed by atoms with Crippen LogP contribution in [0.3, 0.4) is 0 Å². The average molecular weight is 536 g/mol. The predicted molar refractivity (Wildman–Crippen MR) is 11.5 cm³/mol. The first-order chi connectivity index (χ1) is 0. The second-order valence-electron chi connectivity index (χ2n) is 0. The van der Waals surface area contributed by atoms with Gasteiger partial charge in [0.15, 0.2) is 0 Å². The van der Waals surface area contributed by atoms with Gasteiger partial charge in [-0.25, -0.2) is 0 Å². The van der Waals surface area contributed by atoms with Crippen molar-refractivity contribution in [2.75, 3.05) is 0 Å². The summed E-state index contributed by atoms with van der Waals surface area (Å²) in [5.41, 5.74) is 0. The van der Waals surface area contributed by atoms with Crippen molar-refractivity contribution in [3.8, 4) is 0 Å². The van der Waals surface area contributed by atoms with E-state index < -0.39 is 0 Å². The first-order valence-electron chi connectivity index (χ1n) is 0. The zero-order valence-electron chi connectivity index (χ0n) is 1.57. The Morgan fingerprint density at radius 2 is 0.750 bits per heavy atom. The van der Waals surface area contributed by atoms with Gasteiger partial charge in [-0.05, 0) is 0 Å². The summed E-state index contributed by atoms with van der Waals surface area (Å²) in [4.78, 5) is 0. The van der Waals surface area contributed by atoms with E-state index in [1.807, 2.05) is 0 Å². The summed E-state index contributed by atoms with van der Waals surface area (Å²) in [5, 5.41) is 0. The van der Waals surface area contributed by atoms with E-state index in [1.165, 1.54) is 0 Å². The Labute approximate surface area is 85.1 Å². The summed E-state index contributed by atoms with van der Waals surface area (Å²) in [6.45, 7) is 0. The van der Waals surface area contributed by atoms with Crippen molar-refractivity contribution < 1.29 is 34.1 Å². The van der Waals surface area contributed by atoms with E-state index in [1.54, 1.807) is 0 Å². The molecule has 8 radical (unpaired) electrons. The van der Waals surface area contributed by atoms with Gasteiger partial charge < -0.3 is 0 Å². The predicted octanol–water partition coefficient (Wildman–Crippen LogP) is -0.767. The second kappa shape index (κ2) is 17.0. The molecule has 28 valence electrons. The number of hydrogen-bond donors (Lipinski definition) is 0. The van der Waals surface area contributed by atoms with Crippen LogP contribution in [0, 0.1) is 0 Å². The van der Waals surface area contributed by atoms with Crippen LogP contribution in [0.4, 0.5) is 0 Å². The zero-order chi connectivity index (χ0) is 0. The standard InChI is InChI=1S/2Bi.Cu.Mn. The maximum absolute atomic E-state index is 0. The number of hydrogen-bond acceptors (Lipinski definition) is 0. The summed E-state index contributed by atoms with van der Waals surface area (Å²) >= 11 is 0. The summed E-state index contributed by atoms with van der Waals surface area (Å²) < 4.78 is 0. The van der Waals surface area contributed by atoms with Crippen LogP contribution in [0.15, 0.2) is 0 Å². The van der Waals surface area contributed by atoms with Crippen LogP contribution in [0.2, 0.25) is 0 Å². The van der Waals surface area contributed by atoms with E-state index in [9.17, 15) is 0 Å². The van der Waals surface area contributed by atoms with Gasteiger partial charge in [-0.15, -0.1) is 0 Å². The van der Waals surface area contributed by atoms with Gasteiger partial charge in [0.1, 0.15) is 0 Å². The smallest absolute Gasteiger partial charge is 0 e. The maximum atomic E-state index is 0. The average Bonchev–Trinajstić information content (AvgIpc) is 0. The van der Waals surface area contributed by atoms with Gasteiger partial charge in [-0.3, -0.25) is 0 Å². The summed E-state index contributed by atoms with van der Waals surface area (Å²) in [6, 6.07) is 0. The van der Waals surface area contributed by atoms with Crippen molar-refractivity contribution in [2.24, 2.45) is 0 Å². The zero-order valence-corrected chi connectivity index (χ0v) is 10.7. The van der Waals surface area contributed by atoms with Gasteiger partial charge in [0.25, 0.3) is 0 Å². The van der Waals surface area contributed by atoms with Gasteiger partial charge in [-0.1, -0.05) is 0 Å². The molecule has 0 bridgehead atoms. The van der Waals surface area contributed by atoms with E-state index in [-0.39, 0.29) is 86.5 Å². The molecule has 0 aromatic rings. The fraction of sp³-hybridized carbons (Fsp3) is 0. The van der Waals surface area contributed by atoms with Gasteiger partial charge >= 0.3 is 0 Å². The van der Waals surface area contributed by atoms with Gasteiger partial charge in [0, 0.05) is 86.5 Å². The molecule has 0 heterocycles. The molecule has 0 amide bonds. The van der Waals surface area contributed by atoms with E-state index in [4.69, 9.17) is 0 Å². The molecule has 0 saturated heterocycles. The molecule has 0 rings (SSSR count). The Kier molecular flexibility index (Phi) is 124. The molecule has 0 aromatic carbocycles. The molecule has 0 atom stereocenters. The van der Waals surface area contributed by atoms with E-state index in [0.717, 1.165) is 0 Å². The minimum Gasteiger partial charge on any atom is 0 e. The molecule has 0 spiro atoms. The molecule has 4 heteroatoms. The molecule has 0 fully saturated rings. The van der Waals surface area contributed by atoms with Crippen LogP contribution in [-0.4, -0.2) is 52.4 Å². The second-order valence-corrected chi connectivity index (χ2v) is 0. The molecule has 4 heavy (non-hydrogen) atoms. The normalized spacial score (nSPS) is 0. The van der Waals surface area contributed by atoms with Crippen molar-refractivity contribution in [1.29, 1.82) is 0 Å².